The molecule has 2 nitrogen and oxygen atoms in total. The van der Waals surface area contributed by atoms with Crippen molar-refractivity contribution in [3.05, 3.63) is 288 Å². The molecule has 11 aromatic carbocycles. The van der Waals surface area contributed by atoms with E-state index < -0.39 is 0 Å². The highest BCUT2D eigenvalue weighted by molar-refractivity contribution is 5.95. The molecule has 0 saturated carbocycles. The molecule has 0 aromatic heterocycles. The third-order valence-corrected chi connectivity index (χ3v) is 16.4. The monoisotopic (exact) mass is 976 g/mol. The summed E-state index contributed by atoms with van der Waals surface area (Å²) in [6, 6.07) is 93.7. The van der Waals surface area contributed by atoms with Crippen LogP contribution in [0.25, 0.3) is 66.8 Å². The second-order valence-corrected chi connectivity index (χ2v) is 21.9. The summed E-state index contributed by atoms with van der Waals surface area (Å²) >= 11 is 0. The van der Waals surface area contributed by atoms with Crippen molar-refractivity contribution in [2.75, 3.05) is 9.80 Å². The van der Waals surface area contributed by atoms with Crippen molar-refractivity contribution in [2.45, 2.75) is 52.4 Å². The molecule has 0 aliphatic heterocycles. The van der Waals surface area contributed by atoms with Crippen molar-refractivity contribution in [1.82, 2.24) is 0 Å². The van der Waals surface area contributed by atoms with Gasteiger partial charge in [0.25, 0.3) is 0 Å². The molecule has 0 saturated heterocycles. The number of nitrogens with zero attached hydrogens (tertiary/aromatic N) is 2. The second kappa shape index (κ2) is 18.4. The second-order valence-electron chi connectivity index (χ2n) is 21.9. The molecule has 2 aliphatic rings. The minimum Gasteiger partial charge on any atom is -0.310 e. The Morgan fingerprint density at radius 3 is 0.868 bits per heavy atom. The van der Waals surface area contributed by atoms with Crippen molar-refractivity contribution >= 4 is 34.1 Å². The third kappa shape index (κ3) is 7.96. The third-order valence-electron chi connectivity index (χ3n) is 16.4. The number of anilines is 6. The van der Waals surface area contributed by atoms with E-state index in [2.05, 4.69) is 306 Å². The quantitative estimate of drug-likeness (QED) is 0.135. The Morgan fingerprint density at radius 1 is 0.237 bits per heavy atom. The van der Waals surface area contributed by atoms with E-state index in [-0.39, 0.29) is 10.8 Å². The number of rotatable bonds is 10. The summed E-state index contributed by atoms with van der Waals surface area (Å²) in [6.45, 7) is 14.3. The van der Waals surface area contributed by atoms with Gasteiger partial charge in [0.15, 0.2) is 0 Å². The van der Waals surface area contributed by atoms with Crippen LogP contribution in [0.15, 0.2) is 255 Å². The van der Waals surface area contributed by atoms with Gasteiger partial charge < -0.3 is 9.80 Å². The minimum absolute atomic E-state index is 0.240. The molecule has 0 unspecified atom stereocenters. The fourth-order valence-corrected chi connectivity index (χ4v) is 12.5. The highest BCUT2D eigenvalue weighted by Gasteiger charge is 2.43. The van der Waals surface area contributed by atoms with E-state index in [4.69, 9.17) is 0 Å². The fraction of sp³-hybridized carbons (Fsp3) is 0.108. The van der Waals surface area contributed by atoms with E-state index >= 15 is 0 Å². The van der Waals surface area contributed by atoms with Gasteiger partial charge in [-0.3, -0.25) is 0 Å². The Hall–Kier alpha value is -8.98. The van der Waals surface area contributed by atoms with Gasteiger partial charge in [-0.25, -0.2) is 0 Å². The summed E-state index contributed by atoms with van der Waals surface area (Å²) in [5, 5.41) is 0. The van der Waals surface area contributed by atoms with Gasteiger partial charge in [0.2, 0.25) is 0 Å². The first-order chi connectivity index (χ1) is 37.0. The lowest BCUT2D eigenvalue weighted by atomic mass is 9.79. The van der Waals surface area contributed by atoms with E-state index in [0.29, 0.717) is 0 Å². The zero-order valence-corrected chi connectivity index (χ0v) is 44.1. The average Bonchev–Trinajstić information content (AvgIpc) is 4.09. The predicted octanol–water partition coefficient (Wildman–Crippen LogP) is 20.5. The van der Waals surface area contributed by atoms with Gasteiger partial charge in [-0.2, -0.15) is 0 Å². The van der Waals surface area contributed by atoms with Crippen LogP contribution in [-0.4, -0.2) is 0 Å². The van der Waals surface area contributed by atoms with Crippen molar-refractivity contribution in [3.63, 3.8) is 0 Å². The Labute approximate surface area is 448 Å². The molecule has 0 amide bonds. The lowest BCUT2D eigenvalue weighted by Gasteiger charge is -2.29. The van der Waals surface area contributed by atoms with Crippen LogP contribution < -0.4 is 9.80 Å². The Balaban J connectivity index is 0.851. The molecule has 0 radical (unpaired) electrons. The van der Waals surface area contributed by atoms with E-state index in [1.807, 2.05) is 0 Å². The van der Waals surface area contributed by atoms with Crippen molar-refractivity contribution in [2.24, 2.45) is 0 Å². The van der Waals surface area contributed by atoms with Crippen LogP contribution in [0.4, 0.5) is 34.1 Å². The first-order valence-corrected chi connectivity index (χ1v) is 26.7. The Bertz CT molecular complexity index is 3700. The molecule has 0 N–H and O–H groups in total. The average molecular weight is 977 g/mol. The summed E-state index contributed by atoms with van der Waals surface area (Å²) < 4.78 is 0. The van der Waals surface area contributed by atoms with E-state index in [1.165, 1.54) is 112 Å². The molecular formula is C74H60N2. The lowest BCUT2D eigenvalue weighted by molar-refractivity contribution is 0.652. The van der Waals surface area contributed by atoms with Crippen molar-refractivity contribution in [1.29, 1.82) is 0 Å². The molecule has 2 aliphatic carbocycles. The molecule has 0 fully saturated rings. The van der Waals surface area contributed by atoms with Gasteiger partial charge in [-0.05, 0) is 211 Å². The van der Waals surface area contributed by atoms with E-state index in [1.54, 1.807) is 0 Å². The first-order valence-electron chi connectivity index (χ1n) is 26.7. The van der Waals surface area contributed by atoms with Gasteiger partial charge in [0.05, 0.1) is 0 Å². The van der Waals surface area contributed by atoms with Gasteiger partial charge in [-0.1, -0.05) is 185 Å². The van der Waals surface area contributed by atoms with Crippen molar-refractivity contribution < 1.29 is 0 Å². The number of benzene rings is 11. The van der Waals surface area contributed by atoms with Gasteiger partial charge in [-0.15, -0.1) is 0 Å². The highest BCUT2D eigenvalue weighted by atomic mass is 15.1. The standard InChI is InChI=1S/C74H60N2/c1-49-41-63(75(59-29-15-9-16-30-59)61-37-33-53(34-38-61)57-27-19-25-55(43-57)51-21-11-7-12-22-51)45-69-71(49)65-47-68-66(48-67(65)73(69,3)4)72-50(2)42-64(46-70(72)74(68,5)6)76(60-31-17-10-18-32-60)62-39-35-54(36-40-62)58-28-20-26-56(44-58)52-23-13-8-14-24-52/h7-48H,1-6H3. The predicted molar refractivity (Wildman–Crippen MR) is 322 cm³/mol. The zero-order valence-electron chi connectivity index (χ0n) is 44.1. The molecule has 0 atom stereocenters. The number of aryl methyl sites for hydroxylation is 2. The van der Waals surface area contributed by atoms with Crippen LogP contribution in [0.1, 0.15) is 61.1 Å². The van der Waals surface area contributed by atoms with E-state index in [0.717, 1.165) is 22.7 Å². The largest absolute Gasteiger partial charge is 0.310 e. The molecule has 0 spiro atoms. The zero-order chi connectivity index (χ0) is 51.7. The SMILES string of the molecule is Cc1cc(N(c2ccccc2)c2ccc(-c3cccc(-c4ccccc4)c3)cc2)cc2c1-c1cc3c(cc1C2(C)C)-c1c(C)cc(N(c2ccccc2)c2ccc(-c4cccc(-c5ccccc5)c4)cc2)cc1C3(C)C. The smallest absolute Gasteiger partial charge is 0.0467 e. The molecule has 11 aromatic rings. The summed E-state index contributed by atoms with van der Waals surface area (Å²) in [5.41, 5.74) is 29.6. The lowest BCUT2D eigenvalue weighted by Crippen LogP contribution is -2.18. The Kier molecular flexibility index (Phi) is 11.4. The van der Waals surface area contributed by atoms with E-state index in [9.17, 15) is 0 Å². The highest BCUT2D eigenvalue weighted by Crippen LogP contribution is 2.59. The maximum Gasteiger partial charge on any atom is 0.0467 e. The van der Waals surface area contributed by atoms with Crippen LogP contribution in [0.5, 0.6) is 0 Å². The number of fused-ring (bicyclic) bond motifs is 6. The van der Waals surface area contributed by atoms with Crippen LogP contribution in [-0.2, 0) is 10.8 Å². The van der Waals surface area contributed by atoms with Gasteiger partial charge in [0.1, 0.15) is 0 Å². The molecule has 366 valence electrons. The molecule has 76 heavy (non-hydrogen) atoms. The summed E-state index contributed by atoms with van der Waals surface area (Å²) in [6.07, 6.45) is 0. The van der Waals surface area contributed by atoms with Crippen LogP contribution >= 0.6 is 0 Å². The van der Waals surface area contributed by atoms with Gasteiger partial charge >= 0.3 is 0 Å². The summed E-state index contributed by atoms with van der Waals surface area (Å²) in [5.74, 6) is 0. The topological polar surface area (TPSA) is 6.48 Å². The number of para-hydroxylation sites is 2. The molecule has 13 rings (SSSR count). The normalized spacial score (nSPS) is 13.3. The molecule has 0 bridgehead atoms. The first kappa shape index (κ1) is 46.8. The molecule has 2 heteroatoms. The summed E-state index contributed by atoms with van der Waals surface area (Å²) in [4.78, 5) is 4.85. The van der Waals surface area contributed by atoms with Crippen LogP contribution in [0.3, 0.4) is 0 Å². The molecular weight excluding hydrogens is 917 g/mol. The Morgan fingerprint density at radius 2 is 0.526 bits per heavy atom. The van der Waals surface area contributed by atoms with Crippen LogP contribution in [0, 0.1) is 13.8 Å². The van der Waals surface area contributed by atoms with Crippen LogP contribution in [0.2, 0.25) is 0 Å². The summed E-state index contributed by atoms with van der Waals surface area (Å²) in [7, 11) is 0. The fourth-order valence-electron chi connectivity index (χ4n) is 12.5. The van der Waals surface area contributed by atoms with Gasteiger partial charge in [0, 0.05) is 45.0 Å². The number of hydrogen-bond donors (Lipinski definition) is 0. The maximum absolute atomic E-state index is 2.56. The molecule has 0 heterocycles. The minimum atomic E-state index is -0.240. The maximum atomic E-state index is 2.56. The van der Waals surface area contributed by atoms with Crippen molar-refractivity contribution in [3.8, 4) is 66.8 Å². The number of hydrogen-bond acceptors (Lipinski definition) is 2.